The molecule has 1 aromatic rings. The lowest BCUT2D eigenvalue weighted by Gasteiger charge is -2.12. The van der Waals surface area contributed by atoms with Gasteiger partial charge in [-0.1, -0.05) is 39.8 Å². The molecule has 0 aliphatic rings. The van der Waals surface area contributed by atoms with Crippen LogP contribution in [0.1, 0.15) is 46.6 Å². The molecule has 27 heavy (non-hydrogen) atoms. The van der Waals surface area contributed by atoms with E-state index in [-0.39, 0.29) is 11.8 Å². The minimum atomic E-state index is -0.0302. The van der Waals surface area contributed by atoms with Crippen molar-refractivity contribution in [1.29, 1.82) is 0 Å². The van der Waals surface area contributed by atoms with E-state index in [4.69, 9.17) is 4.74 Å². The Balaban J connectivity index is 2.44. The zero-order chi connectivity index (χ0) is 20.1. The average molecular weight is 377 g/mol. The Labute approximate surface area is 164 Å². The van der Waals surface area contributed by atoms with Gasteiger partial charge in [-0.3, -0.25) is 4.79 Å². The van der Waals surface area contributed by atoms with Crippen LogP contribution in [-0.4, -0.2) is 38.2 Å². The largest absolute Gasteiger partial charge is 0.380 e. The number of aliphatic imine (C=N–C) groups is 1. The summed E-state index contributed by atoms with van der Waals surface area (Å²) in [4.78, 5) is 16.3. The van der Waals surface area contributed by atoms with Crippen molar-refractivity contribution >= 4 is 17.6 Å². The minimum Gasteiger partial charge on any atom is -0.380 e. The van der Waals surface area contributed by atoms with Crippen LogP contribution in [-0.2, 0) is 16.1 Å². The van der Waals surface area contributed by atoms with Crippen LogP contribution >= 0.6 is 0 Å². The molecule has 0 saturated heterocycles. The predicted molar refractivity (Wildman–Crippen MR) is 113 cm³/mol. The highest BCUT2D eigenvalue weighted by molar-refractivity contribution is 5.92. The Morgan fingerprint density at radius 1 is 1.07 bits per heavy atom. The molecule has 0 bridgehead atoms. The van der Waals surface area contributed by atoms with Crippen molar-refractivity contribution in [3.8, 4) is 0 Å². The molecule has 0 fully saturated rings. The van der Waals surface area contributed by atoms with Gasteiger partial charge in [-0.25, -0.2) is 4.99 Å². The Morgan fingerprint density at radius 2 is 1.78 bits per heavy atom. The van der Waals surface area contributed by atoms with Crippen LogP contribution in [0.2, 0.25) is 0 Å². The molecule has 0 aliphatic carbocycles. The van der Waals surface area contributed by atoms with Crippen molar-refractivity contribution in [3.63, 3.8) is 0 Å². The molecule has 0 saturated carbocycles. The van der Waals surface area contributed by atoms with Crippen molar-refractivity contribution in [2.75, 3.05) is 31.6 Å². The molecule has 0 radical (unpaired) electrons. The van der Waals surface area contributed by atoms with Gasteiger partial charge >= 0.3 is 0 Å². The molecule has 0 atom stereocenters. The number of hydrogen-bond donors (Lipinski definition) is 3. The molecule has 1 amide bonds. The normalized spacial score (nSPS) is 11.7. The highest BCUT2D eigenvalue weighted by Crippen LogP contribution is 2.11. The first-order chi connectivity index (χ1) is 12.9. The number of guanidine groups is 1. The summed E-state index contributed by atoms with van der Waals surface area (Å²) >= 11 is 0. The number of benzene rings is 1. The number of hydrogen-bond acceptors (Lipinski definition) is 3. The van der Waals surface area contributed by atoms with Gasteiger partial charge in [0.15, 0.2) is 5.96 Å². The lowest BCUT2D eigenvalue weighted by molar-refractivity contribution is -0.118. The number of carbonyl (C=O) groups is 1. The van der Waals surface area contributed by atoms with E-state index < -0.39 is 0 Å². The average Bonchev–Trinajstić information content (AvgIpc) is 2.63. The Kier molecular flexibility index (Phi) is 11.2. The number of rotatable bonds is 11. The highest BCUT2D eigenvalue weighted by Gasteiger charge is 2.06. The summed E-state index contributed by atoms with van der Waals surface area (Å²) < 4.78 is 5.62. The lowest BCUT2D eigenvalue weighted by Crippen LogP contribution is -2.39. The Hall–Kier alpha value is -2.08. The van der Waals surface area contributed by atoms with Gasteiger partial charge in [0.1, 0.15) is 0 Å². The molecule has 0 spiro atoms. The number of nitrogens with zero attached hydrogens (tertiary/aromatic N) is 1. The minimum absolute atomic E-state index is 0.0232. The predicted octanol–water partition coefficient (Wildman–Crippen LogP) is 3.40. The summed E-state index contributed by atoms with van der Waals surface area (Å²) in [6, 6.07) is 7.79. The maximum Gasteiger partial charge on any atom is 0.226 e. The summed E-state index contributed by atoms with van der Waals surface area (Å²) in [5, 5.41) is 9.42. The van der Waals surface area contributed by atoms with Gasteiger partial charge in [0.2, 0.25) is 5.91 Å². The van der Waals surface area contributed by atoms with Crippen LogP contribution in [0.4, 0.5) is 5.69 Å². The molecular formula is C21H36N4O2. The summed E-state index contributed by atoms with van der Waals surface area (Å²) in [5.74, 6) is 1.44. The van der Waals surface area contributed by atoms with E-state index in [0.29, 0.717) is 19.1 Å². The van der Waals surface area contributed by atoms with E-state index in [1.165, 1.54) is 0 Å². The third-order valence-electron chi connectivity index (χ3n) is 3.89. The standard InChI is InChI=1S/C21H36N4O2/c1-6-22-21(23-12-14-27-13-11-16(2)3)24-15-18-7-9-19(10-8-18)25-20(26)17(4)5/h7-10,16-17H,6,11-15H2,1-5H3,(H,25,26)(H2,22,23,24). The third kappa shape index (κ3) is 10.6. The maximum atomic E-state index is 11.7. The molecule has 1 aromatic carbocycles. The number of carbonyl (C=O) groups excluding carboxylic acids is 1. The molecule has 1 rings (SSSR count). The van der Waals surface area contributed by atoms with Crippen LogP contribution in [0.3, 0.4) is 0 Å². The quantitative estimate of drug-likeness (QED) is 0.314. The van der Waals surface area contributed by atoms with Crippen LogP contribution < -0.4 is 16.0 Å². The van der Waals surface area contributed by atoms with Crippen molar-refractivity contribution in [3.05, 3.63) is 29.8 Å². The topological polar surface area (TPSA) is 74.8 Å². The lowest BCUT2D eigenvalue weighted by atomic mass is 10.1. The smallest absolute Gasteiger partial charge is 0.226 e. The first kappa shape index (κ1) is 23.0. The summed E-state index contributed by atoms with van der Waals surface area (Å²) in [7, 11) is 0. The second-order valence-corrected chi connectivity index (χ2v) is 7.26. The first-order valence-electron chi connectivity index (χ1n) is 9.92. The van der Waals surface area contributed by atoms with Crippen LogP contribution in [0.5, 0.6) is 0 Å². The zero-order valence-electron chi connectivity index (χ0n) is 17.5. The molecule has 6 heteroatoms. The number of amides is 1. The summed E-state index contributed by atoms with van der Waals surface area (Å²) in [5.41, 5.74) is 1.90. The SMILES string of the molecule is CCNC(=NCc1ccc(NC(=O)C(C)C)cc1)NCCOCCC(C)C. The molecule has 0 aliphatic heterocycles. The fourth-order valence-electron chi connectivity index (χ4n) is 2.15. The van der Waals surface area contributed by atoms with Gasteiger partial charge in [0.25, 0.3) is 0 Å². The van der Waals surface area contributed by atoms with E-state index in [2.05, 4.69) is 34.8 Å². The maximum absolute atomic E-state index is 11.7. The van der Waals surface area contributed by atoms with Gasteiger partial charge in [-0.05, 0) is 37.0 Å². The number of ether oxygens (including phenoxy) is 1. The van der Waals surface area contributed by atoms with Crippen molar-refractivity contribution in [2.24, 2.45) is 16.8 Å². The molecule has 0 heterocycles. The molecule has 152 valence electrons. The number of nitrogens with one attached hydrogen (secondary N) is 3. The van der Waals surface area contributed by atoms with E-state index >= 15 is 0 Å². The molecule has 3 N–H and O–H groups in total. The fraction of sp³-hybridized carbons (Fsp3) is 0.619. The van der Waals surface area contributed by atoms with E-state index in [0.717, 1.165) is 43.3 Å². The van der Waals surface area contributed by atoms with Gasteiger partial charge in [-0.15, -0.1) is 0 Å². The Bertz CT molecular complexity index is 568. The highest BCUT2D eigenvalue weighted by atomic mass is 16.5. The Morgan fingerprint density at radius 3 is 2.37 bits per heavy atom. The third-order valence-corrected chi connectivity index (χ3v) is 3.89. The van der Waals surface area contributed by atoms with Gasteiger partial charge < -0.3 is 20.7 Å². The summed E-state index contributed by atoms with van der Waals surface area (Å²) in [6.07, 6.45) is 1.09. The molecular weight excluding hydrogens is 340 g/mol. The van der Waals surface area contributed by atoms with Crippen LogP contribution in [0, 0.1) is 11.8 Å². The second kappa shape index (κ2) is 13.1. The fourth-order valence-corrected chi connectivity index (χ4v) is 2.15. The van der Waals surface area contributed by atoms with Gasteiger partial charge in [0, 0.05) is 31.3 Å². The summed E-state index contributed by atoms with van der Waals surface area (Å²) in [6.45, 7) is 13.8. The number of anilines is 1. The van der Waals surface area contributed by atoms with Crippen LogP contribution in [0.15, 0.2) is 29.3 Å². The zero-order valence-corrected chi connectivity index (χ0v) is 17.5. The first-order valence-corrected chi connectivity index (χ1v) is 9.92. The van der Waals surface area contributed by atoms with E-state index in [9.17, 15) is 4.79 Å². The van der Waals surface area contributed by atoms with E-state index in [1.54, 1.807) is 0 Å². The van der Waals surface area contributed by atoms with Gasteiger partial charge in [0.05, 0.1) is 13.2 Å². The molecule has 0 unspecified atom stereocenters. The van der Waals surface area contributed by atoms with E-state index in [1.807, 2.05) is 45.0 Å². The second-order valence-electron chi connectivity index (χ2n) is 7.26. The van der Waals surface area contributed by atoms with Crippen LogP contribution in [0.25, 0.3) is 0 Å². The molecule has 6 nitrogen and oxygen atoms in total. The van der Waals surface area contributed by atoms with Gasteiger partial charge in [-0.2, -0.15) is 0 Å². The monoisotopic (exact) mass is 376 g/mol. The van der Waals surface area contributed by atoms with Crippen molar-refractivity contribution < 1.29 is 9.53 Å². The molecule has 0 aromatic heterocycles. The van der Waals surface area contributed by atoms with Crippen molar-refractivity contribution in [2.45, 2.75) is 47.6 Å². The van der Waals surface area contributed by atoms with Crippen molar-refractivity contribution in [1.82, 2.24) is 10.6 Å².